The summed E-state index contributed by atoms with van der Waals surface area (Å²) in [6.07, 6.45) is 2.00. The van der Waals surface area contributed by atoms with Crippen LogP contribution in [0.25, 0.3) is 0 Å². The highest BCUT2D eigenvalue weighted by molar-refractivity contribution is 6.52. The van der Waals surface area contributed by atoms with E-state index < -0.39 is 0 Å². The lowest BCUT2D eigenvalue weighted by atomic mass is 10.0. The topological polar surface area (TPSA) is 37.4 Å². The van der Waals surface area contributed by atoms with Crippen molar-refractivity contribution in [2.75, 3.05) is 11.4 Å². The Bertz CT molecular complexity index is 532. The molecule has 0 spiro atoms. The van der Waals surface area contributed by atoms with Gasteiger partial charge in [-0.3, -0.25) is 9.59 Å². The van der Waals surface area contributed by atoms with Crippen molar-refractivity contribution >= 4 is 17.4 Å². The summed E-state index contributed by atoms with van der Waals surface area (Å²) >= 11 is 0. The van der Waals surface area contributed by atoms with Crippen LogP contribution in [0.15, 0.2) is 12.1 Å². The number of hydrogen-bond donors (Lipinski definition) is 0. The van der Waals surface area contributed by atoms with Crippen LogP contribution in [0.3, 0.4) is 0 Å². The van der Waals surface area contributed by atoms with E-state index in [9.17, 15) is 9.59 Å². The molecule has 0 unspecified atom stereocenters. The molecule has 1 aliphatic rings. The number of aryl methyl sites for hydroxylation is 1. The van der Waals surface area contributed by atoms with Gasteiger partial charge in [-0.2, -0.15) is 0 Å². The van der Waals surface area contributed by atoms with Crippen LogP contribution in [0, 0.1) is 19.8 Å². The third-order valence-electron chi connectivity index (χ3n) is 3.82. The summed E-state index contributed by atoms with van der Waals surface area (Å²) in [6.45, 7) is 8.96. The molecule has 0 fully saturated rings. The molecule has 0 saturated carbocycles. The molecule has 1 amide bonds. The van der Waals surface area contributed by atoms with E-state index in [0.717, 1.165) is 29.7 Å². The van der Waals surface area contributed by atoms with Crippen molar-refractivity contribution in [3.8, 4) is 0 Å². The molecule has 2 rings (SSSR count). The molecule has 0 aliphatic carbocycles. The highest BCUT2D eigenvalue weighted by Gasteiger charge is 2.36. The van der Waals surface area contributed by atoms with Gasteiger partial charge in [0.15, 0.2) is 0 Å². The fraction of sp³-hybridized carbons (Fsp3) is 0.500. The van der Waals surface area contributed by atoms with E-state index in [2.05, 4.69) is 13.8 Å². The van der Waals surface area contributed by atoms with E-state index in [4.69, 9.17) is 0 Å². The number of carbonyl (C=O) groups excluding carboxylic acids is 2. The average molecular weight is 259 g/mol. The SMILES string of the molecule is Cc1ccc2c(c1C)N(CCCC(C)C)C(=O)C2=O. The second-order valence-electron chi connectivity index (χ2n) is 5.73. The lowest BCUT2D eigenvalue weighted by Crippen LogP contribution is -2.31. The van der Waals surface area contributed by atoms with Gasteiger partial charge in [-0.1, -0.05) is 19.9 Å². The van der Waals surface area contributed by atoms with Crippen molar-refractivity contribution in [1.29, 1.82) is 0 Å². The normalized spacial score (nSPS) is 14.5. The van der Waals surface area contributed by atoms with Crippen LogP contribution in [-0.4, -0.2) is 18.2 Å². The van der Waals surface area contributed by atoms with Gasteiger partial charge in [0.2, 0.25) is 0 Å². The van der Waals surface area contributed by atoms with Gasteiger partial charge in [0.25, 0.3) is 11.7 Å². The van der Waals surface area contributed by atoms with Gasteiger partial charge in [0, 0.05) is 6.54 Å². The van der Waals surface area contributed by atoms with Crippen molar-refractivity contribution in [2.24, 2.45) is 5.92 Å². The van der Waals surface area contributed by atoms with Crippen LogP contribution in [-0.2, 0) is 4.79 Å². The highest BCUT2D eigenvalue weighted by Crippen LogP contribution is 2.34. The zero-order chi connectivity index (χ0) is 14.2. The predicted octanol–water partition coefficient (Wildman–Crippen LogP) is 3.27. The number of carbonyl (C=O) groups is 2. The molecule has 1 aromatic carbocycles. The molecule has 0 N–H and O–H groups in total. The number of ketones is 1. The molecule has 1 aromatic rings. The van der Waals surface area contributed by atoms with Gasteiger partial charge in [-0.05, 0) is 49.8 Å². The second-order valence-corrected chi connectivity index (χ2v) is 5.73. The van der Waals surface area contributed by atoms with Gasteiger partial charge in [0.1, 0.15) is 0 Å². The maximum Gasteiger partial charge on any atom is 0.299 e. The Morgan fingerprint density at radius 2 is 1.84 bits per heavy atom. The first kappa shape index (κ1) is 13.8. The number of rotatable bonds is 4. The third kappa shape index (κ3) is 2.42. The largest absolute Gasteiger partial charge is 0.304 e. The van der Waals surface area contributed by atoms with E-state index in [1.807, 2.05) is 19.9 Å². The van der Waals surface area contributed by atoms with E-state index in [1.54, 1.807) is 11.0 Å². The molecule has 0 radical (unpaired) electrons. The maximum absolute atomic E-state index is 12.1. The summed E-state index contributed by atoms with van der Waals surface area (Å²) < 4.78 is 0. The summed E-state index contributed by atoms with van der Waals surface area (Å²) in [5, 5.41) is 0. The lowest BCUT2D eigenvalue weighted by Gasteiger charge is -2.19. The summed E-state index contributed by atoms with van der Waals surface area (Å²) in [4.78, 5) is 25.7. The molecule has 3 heteroatoms. The number of benzene rings is 1. The Hall–Kier alpha value is -1.64. The van der Waals surface area contributed by atoms with E-state index in [-0.39, 0.29) is 11.7 Å². The van der Waals surface area contributed by atoms with Crippen LogP contribution in [0.5, 0.6) is 0 Å². The molecule has 102 valence electrons. The number of amides is 1. The summed E-state index contributed by atoms with van der Waals surface area (Å²) in [5.74, 6) is -0.110. The standard InChI is InChI=1S/C16H21NO2/c1-10(2)6-5-9-17-14-12(4)11(3)7-8-13(14)15(18)16(17)19/h7-8,10H,5-6,9H2,1-4H3. The molecule has 0 atom stereocenters. The van der Waals surface area contributed by atoms with Crippen molar-refractivity contribution in [3.05, 3.63) is 28.8 Å². The first-order chi connectivity index (χ1) is 8.93. The van der Waals surface area contributed by atoms with E-state index in [1.165, 1.54) is 0 Å². The first-order valence-corrected chi connectivity index (χ1v) is 6.90. The van der Waals surface area contributed by atoms with Crippen molar-refractivity contribution < 1.29 is 9.59 Å². The number of fused-ring (bicyclic) bond motifs is 1. The van der Waals surface area contributed by atoms with Crippen molar-refractivity contribution in [1.82, 2.24) is 0 Å². The van der Waals surface area contributed by atoms with Crippen LogP contribution in [0.4, 0.5) is 5.69 Å². The molecule has 0 saturated heterocycles. The van der Waals surface area contributed by atoms with Crippen molar-refractivity contribution in [2.45, 2.75) is 40.5 Å². The fourth-order valence-electron chi connectivity index (χ4n) is 2.54. The Balaban J connectivity index is 2.30. The molecule has 1 heterocycles. The Morgan fingerprint density at radius 1 is 1.16 bits per heavy atom. The second kappa shape index (κ2) is 5.16. The molecule has 1 aliphatic heterocycles. The van der Waals surface area contributed by atoms with Crippen LogP contribution in [0.1, 0.15) is 48.2 Å². The van der Waals surface area contributed by atoms with Gasteiger partial charge >= 0.3 is 0 Å². The minimum absolute atomic E-state index is 0.359. The van der Waals surface area contributed by atoms with Gasteiger partial charge in [-0.15, -0.1) is 0 Å². The Morgan fingerprint density at radius 3 is 2.47 bits per heavy atom. The summed E-state index contributed by atoms with van der Waals surface area (Å²) in [6, 6.07) is 3.69. The highest BCUT2D eigenvalue weighted by atomic mass is 16.2. The Kier molecular flexibility index (Phi) is 3.74. The summed E-state index contributed by atoms with van der Waals surface area (Å²) in [5.41, 5.74) is 3.56. The maximum atomic E-state index is 12.1. The predicted molar refractivity (Wildman–Crippen MR) is 76.7 cm³/mol. The zero-order valence-corrected chi connectivity index (χ0v) is 12.1. The third-order valence-corrected chi connectivity index (χ3v) is 3.82. The number of Topliss-reactive ketones (excluding diaryl/α,β-unsaturated/α-hetero) is 1. The molecular weight excluding hydrogens is 238 g/mol. The van der Waals surface area contributed by atoms with E-state index in [0.29, 0.717) is 18.0 Å². The monoisotopic (exact) mass is 259 g/mol. The van der Waals surface area contributed by atoms with Gasteiger partial charge in [0.05, 0.1) is 11.3 Å². The zero-order valence-electron chi connectivity index (χ0n) is 12.1. The minimum Gasteiger partial charge on any atom is -0.304 e. The quantitative estimate of drug-likeness (QED) is 0.778. The molecule has 0 aromatic heterocycles. The van der Waals surface area contributed by atoms with Gasteiger partial charge in [-0.25, -0.2) is 0 Å². The van der Waals surface area contributed by atoms with Gasteiger partial charge < -0.3 is 4.90 Å². The Labute approximate surface area is 114 Å². The lowest BCUT2D eigenvalue weighted by molar-refractivity contribution is -0.114. The smallest absolute Gasteiger partial charge is 0.299 e. The summed E-state index contributed by atoms with van der Waals surface area (Å²) in [7, 11) is 0. The average Bonchev–Trinajstić information content (AvgIpc) is 2.59. The van der Waals surface area contributed by atoms with Crippen LogP contribution in [0.2, 0.25) is 0 Å². The molecule has 0 bridgehead atoms. The molecular formula is C16H21NO2. The molecule has 3 nitrogen and oxygen atoms in total. The van der Waals surface area contributed by atoms with Crippen molar-refractivity contribution in [3.63, 3.8) is 0 Å². The molecule has 19 heavy (non-hydrogen) atoms. The van der Waals surface area contributed by atoms with Crippen LogP contribution < -0.4 is 4.90 Å². The number of anilines is 1. The number of hydrogen-bond acceptors (Lipinski definition) is 2. The van der Waals surface area contributed by atoms with E-state index >= 15 is 0 Å². The van der Waals surface area contributed by atoms with Crippen LogP contribution >= 0.6 is 0 Å². The fourth-order valence-corrected chi connectivity index (χ4v) is 2.54. The first-order valence-electron chi connectivity index (χ1n) is 6.90. The minimum atomic E-state index is -0.368. The number of nitrogens with zero attached hydrogens (tertiary/aromatic N) is 1.